The molecule has 0 radical (unpaired) electrons. The molecule has 5 heteroatoms. The second-order valence-corrected chi connectivity index (χ2v) is 5.33. The molecule has 1 saturated heterocycles. The Hall–Kier alpha value is -1.07. The van der Waals surface area contributed by atoms with Crippen molar-refractivity contribution in [3.8, 4) is 0 Å². The second kappa shape index (κ2) is 5.71. The summed E-state index contributed by atoms with van der Waals surface area (Å²) in [5.74, 6) is 0.962. The van der Waals surface area contributed by atoms with E-state index in [-0.39, 0.29) is 5.41 Å². The van der Waals surface area contributed by atoms with Gasteiger partial charge in [-0.1, -0.05) is 0 Å². The number of ether oxygens (including phenoxy) is 1. The zero-order chi connectivity index (χ0) is 13.0. The first-order valence-corrected chi connectivity index (χ1v) is 6.59. The van der Waals surface area contributed by atoms with E-state index in [1.165, 1.54) is 5.69 Å². The van der Waals surface area contributed by atoms with Crippen LogP contribution in [0.2, 0.25) is 0 Å². The van der Waals surface area contributed by atoms with E-state index in [1.807, 2.05) is 11.7 Å². The Balaban J connectivity index is 1.96. The Morgan fingerprint density at radius 2 is 2.22 bits per heavy atom. The molecule has 5 nitrogen and oxygen atoms in total. The van der Waals surface area contributed by atoms with Gasteiger partial charge in [0.05, 0.1) is 6.61 Å². The maximum absolute atomic E-state index is 5.41. The van der Waals surface area contributed by atoms with Gasteiger partial charge in [0.25, 0.3) is 0 Å². The van der Waals surface area contributed by atoms with Crippen LogP contribution in [0, 0.1) is 12.3 Å². The van der Waals surface area contributed by atoms with Crippen LogP contribution in [0.4, 0.5) is 5.82 Å². The van der Waals surface area contributed by atoms with Crippen molar-refractivity contribution in [2.24, 2.45) is 12.5 Å². The summed E-state index contributed by atoms with van der Waals surface area (Å²) in [7, 11) is 3.75. The minimum Gasteiger partial charge on any atom is -0.384 e. The number of piperidine rings is 1. The van der Waals surface area contributed by atoms with E-state index in [0.717, 1.165) is 44.9 Å². The van der Waals surface area contributed by atoms with Gasteiger partial charge >= 0.3 is 0 Å². The van der Waals surface area contributed by atoms with Crippen LogP contribution in [0.15, 0.2) is 6.07 Å². The lowest BCUT2D eigenvalue weighted by Gasteiger charge is -2.37. The van der Waals surface area contributed by atoms with Crippen LogP contribution in [0.1, 0.15) is 18.5 Å². The van der Waals surface area contributed by atoms with Crippen LogP contribution in [-0.2, 0) is 11.8 Å². The zero-order valence-electron chi connectivity index (χ0n) is 11.6. The minimum atomic E-state index is 0.241. The number of aryl methyl sites for hydroxylation is 2. The van der Waals surface area contributed by atoms with Gasteiger partial charge in [-0.05, 0) is 32.9 Å². The number of nitrogens with one attached hydrogen (secondary N) is 2. The average molecular weight is 252 g/mol. The molecule has 1 aromatic heterocycles. The Morgan fingerprint density at radius 1 is 1.50 bits per heavy atom. The molecule has 102 valence electrons. The van der Waals surface area contributed by atoms with Crippen LogP contribution in [0.3, 0.4) is 0 Å². The Bertz CT molecular complexity index is 357. The molecule has 18 heavy (non-hydrogen) atoms. The Kier molecular flexibility index (Phi) is 4.24. The van der Waals surface area contributed by atoms with Crippen molar-refractivity contribution in [3.63, 3.8) is 0 Å². The highest BCUT2D eigenvalue weighted by Crippen LogP contribution is 2.29. The second-order valence-electron chi connectivity index (χ2n) is 5.33. The van der Waals surface area contributed by atoms with Gasteiger partial charge in [0, 0.05) is 37.9 Å². The van der Waals surface area contributed by atoms with Crippen molar-refractivity contribution in [2.45, 2.75) is 19.8 Å². The average Bonchev–Trinajstić information content (AvgIpc) is 2.68. The molecular formula is C13H24N4O. The van der Waals surface area contributed by atoms with Crippen molar-refractivity contribution in [1.29, 1.82) is 0 Å². The molecule has 2 heterocycles. The van der Waals surface area contributed by atoms with E-state index in [4.69, 9.17) is 4.74 Å². The molecule has 0 atom stereocenters. The zero-order valence-corrected chi connectivity index (χ0v) is 11.6. The summed E-state index contributed by atoms with van der Waals surface area (Å²) in [4.78, 5) is 0. The molecule has 0 amide bonds. The summed E-state index contributed by atoms with van der Waals surface area (Å²) in [6.07, 6.45) is 2.30. The standard InChI is InChI=1S/C13H24N4O/c1-11-8-12(16-17(11)2)15-9-13(10-18-3)4-6-14-7-5-13/h8,14H,4-7,9-10H2,1-3H3,(H,15,16). The summed E-state index contributed by atoms with van der Waals surface area (Å²) in [6, 6.07) is 2.08. The van der Waals surface area contributed by atoms with Gasteiger partial charge < -0.3 is 15.4 Å². The maximum atomic E-state index is 5.41. The SMILES string of the molecule is COCC1(CNc2cc(C)n(C)n2)CCNCC1. The summed E-state index contributed by atoms with van der Waals surface area (Å²) >= 11 is 0. The van der Waals surface area contributed by atoms with Crippen LogP contribution in [-0.4, -0.2) is 43.1 Å². The van der Waals surface area contributed by atoms with E-state index in [9.17, 15) is 0 Å². The molecule has 1 aliphatic rings. The van der Waals surface area contributed by atoms with Crippen LogP contribution in [0.5, 0.6) is 0 Å². The minimum absolute atomic E-state index is 0.241. The fourth-order valence-corrected chi connectivity index (χ4v) is 2.56. The predicted molar refractivity (Wildman–Crippen MR) is 72.8 cm³/mol. The monoisotopic (exact) mass is 252 g/mol. The first kappa shape index (κ1) is 13.4. The van der Waals surface area contributed by atoms with Crippen molar-refractivity contribution in [3.05, 3.63) is 11.8 Å². The number of methoxy groups -OCH3 is 1. The number of hydrogen-bond acceptors (Lipinski definition) is 4. The van der Waals surface area contributed by atoms with Crippen molar-refractivity contribution in [2.75, 3.05) is 38.7 Å². The van der Waals surface area contributed by atoms with Gasteiger partial charge in [-0.25, -0.2) is 0 Å². The van der Waals surface area contributed by atoms with Crippen molar-refractivity contribution < 1.29 is 4.74 Å². The molecule has 1 fully saturated rings. The number of hydrogen-bond donors (Lipinski definition) is 2. The third kappa shape index (κ3) is 3.03. The van der Waals surface area contributed by atoms with Gasteiger partial charge in [0.2, 0.25) is 0 Å². The van der Waals surface area contributed by atoms with Gasteiger partial charge in [-0.2, -0.15) is 5.10 Å². The van der Waals surface area contributed by atoms with Crippen LogP contribution >= 0.6 is 0 Å². The van der Waals surface area contributed by atoms with E-state index < -0.39 is 0 Å². The highest BCUT2D eigenvalue weighted by Gasteiger charge is 2.32. The summed E-state index contributed by atoms with van der Waals surface area (Å²) in [5, 5.41) is 11.3. The molecular weight excluding hydrogens is 228 g/mol. The molecule has 1 aliphatic heterocycles. The Morgan fingerprint density at radius 3 is 2.78 bits per heavy atom. The first-order valence-electron chi connectivity index (χ1n) is 6.59. The number of rotatable bonds is 5. The van der Waals surface area contributed by atoms with Crippen LogP contribution in [0.25, 0.3) is 0 Å². The molecule has 0 spiro atoms. The van der Waals surface area contributed by atoms with E-state index in [1.54, 1.807) is 7.11 Å². The number of anilines is 1. The van der Waals surface area contributed by atoms with Crippen molar-refractivity contribution >= 4 is 5.82 Å². The first-order chi connectivity index (χ1) is 8.65. The molecule has 0 aromatic carbocycles. The highest BCUT2D eigenvalue weighted by atomic mass is 16.5. The molecule has 0 aliphatic carbocycles. The van der Waals surface area contributed by atoms with E-state index >= 15 is 0 Å². The molecule has 2 rings (SSSR count). The fourth-order valence-electron chi connectivity index (χ4n) is 2.56. The predicted octanol–water partition coefficient (Wildman–Crippen LogP) is 1.16. The van der Waals surface area contributed by atoms with Crippen LogP contribution < -0.4 is 10.6 Å². The maximum Gasteiger partial charge on any atom is 0.148 e. The van der Waals surface area contributed by atoms with Gasteiger partial charge in [0.15, 0.2) is 0 Å². The lowest BCUT2D eigenvalue weighted by atomic mass is 9.79. The van der Waals surface area contributed by atoms with Gasteiger partial charge in [-0.3, -0.25) is 4.68 Å². The number of aromatic nitrogens is 2. The largest absolute Gasteiger partial charge is 0.384 e. The molecule has 0 unspecified atom stereocenters. The number of nitrogens with zero attached hydrogens (tertiary/aromatic N) is 2. The topological polar surface area (TPSA) is 51.1 Å². The normalized spacial score (nSPS) is 18.8. The van der Waals surface area contributed by atoms with Crippen molar-refractivity contribution in [1.82, 2.24) is 15.1 Å². The summed E-state index contributed by atoms with van der Waals surface area (Å²) in [6.45, 7) is 5.96. The van der Waals surface area contributed by atoms with Gasteiger partial charge in [-0.15, -0.1) is 0 Å². The third-order valence-electron chi connectivity index (χ3n) is 3.87. The summed E-state index contributed by atoms with van der Waals surface area (Å²) < 4.78 is 7.31. The highest BCUT2D eigenvalue weighted by molar-refractivity contribution is 5.35. The Labute approximate surface area is 109 Å². The molecule has 1 aromatic rings. The third-order valence-corrected chi connectivity index (χ3v) is 3.87. The summed E-state index contributed by atoms with van der Waals surface area (Å²) in [5.41, 5.74) is 1.41. The fraction of sp³-hybridized carbons (Fsp3) is 0.769. The lowest BCUT2D eigenvalue weighted by Crippen LogP contribution is -2.44. The van der Waals surface area contributed by atoms with E-state index in [2.05, 4.69) is 28.7 Å². The quantitative estimate of drug-likeness (QED) is 0.825. The smallest absolute Gasteiger partial charge is 0.148 e. The molecule has 2 N–H and O–H groups in total. The molecule has 0 saturated carbocycles. The lowest BCUT2D eigenvalue weighted by molar-refractivity contribution is 0.0635. The molecule has 0 bridgehead atoms. The van der Waals surface area contributed by atoms with Gasteiger partial charge in [0.1, 0.15) is 5.82 Å². The van der Waals surface area contributed by atoms with E-state index in [0.29, 0.717) is 0 Å².